The third kappa shape index (κ3) is 2.42. The molecule has 2 atom stereocenters. The van der Waals surface area contributed by atoms with Gasteiger partial charge in [0.1, 0.15) is 6.10 Å². The number of aromatic nitrogens is 3. The van der Waals surface area contributed by atoms with E-state index in [1.54, 1.807) is 13.1 Å². The van der Waals surface area contributed by atoms with Crippen molar-refractivity contribution in [1.29, 1.82) is 0 Å². The highest BCUT2D eigenvalue weighted by atomic mass is 32.1. The molecule has 1 aliphatic heterocycles. The maximum absolute atomic E-state index is 12.9. The summed E-state index contributed by atoms with van der Waals surface area (Å²) in [5.41, 5.74) is 1.10. The summed E-state index contributed by atoms with van der Waals surface area (Å²) in [6.45, 7) is 5.71. The molecule has 8 heteroatoms. The lowest BCUT2D eigenvalue weighted by molar-refractivity contribution is -0.389. The number of nitrogens with one attached hydrogen (secondary N) is 2. The lowest BCUT2D eigenvalue weighted by Crippen LogP contribution is -2.27. The molecule has 1 aliphatic rings. The average molecular weight is 349 g/mol. The van der Waals surface area contributed by atoms with Crippen LogP contribution >= 0.6 is 12.2 Å². The van der Waals surface area contributed by atoms with E-state index in [0.29, 0.717) is 17.7 Å². The van der Waals surface area contributed by atoms with Crippen molar-refractivity contribution < 1.29 is 19.9 Å². The molecule has 24 heavy (non-hydrogen) atoms. The predicted molar refractivity (Wildman–Crippen MR) is 86.4 cm³/mol. The summed E-state index contributed by atoms with van der Waals surface area (Å²) in [6.07, 6.45) is 1.50. The molecular formula is C16H19N3O4S. The summed E-state index contributed by atoms with van der Waals surface area (Å²) in [7, 11) is 0. The number of aromatic hydroxyl groups is 1. The Kier molecular flexibility index (Phi) is 4.18. The Morgan fingerprint density at radius 1 is 1.58 bits per heavy atom. The quantitative estimate of drug-likeness (QED) is 0.815. The van der Waals surface area contributed by atoms with Crippen LogP contribution in [-0.2, 0) is 11.3 Å². The van der Waals surface area contributed by atoms with E-state index < -0.39 is 17.5 Å². The fraction of sp³-hybridized carbons (Fsp3) is 0.438. The molecule has 0 fully saturated rings. The zero-order chi connectivity index (χ0) is 17.6. The molecule has 128 valence electrons. The number of aryl methyl sites for hydroxylation is 1. The maximum Gasteiger partial charge on any atom is 0.257 e. The van der Waals surface area contributed by atoms with Crippen molar-refractivity contribution in [3.63, 3.8) is 0 Å². The van der Waals surface area contributed by atoms with E-state index in [0.717, 1.165) is 5.56 Å². The fourth-order valence-corrected chi connectivity index (χ4v) is 3.31. The molecule has 3 N–H and O–H groups in total. The average Bonchev–Trinajstić information content (AvgIpc) is 2.94. The third-order valence-electron chi connectivity index (χ3n) is 4.51. The van der Waals surface area contributed by atoms with Crippen LogP contribution in [0, 0.1) is 11.7 Å². The first-order valence-corrected chi connectivity index (χ1v) is 8.17. The number of hydrogen-bond acceptors (Lipinski definition) is 5. The van der Waals surface area contributed by atoms with Crippen LogP contribution in [0.15, 0.2) is 11.0 Å². The Morgan fingerprint density at radius 3 is 2.96 bits per heavy atom. The van der Waals surface area contributed by atoms with E-state index in [2.05, 4.69) is 9.97 Å². The topological polar surface area (TPSA) is 104 Å². The van der Waals surface area contributed by atoms with Gasteiger partial charge in [0, 0.05) is 18.5 Å². The molecule has 2 unspecified atom stereocenters. The minimum Gasteiger partial charge on any atom is -0.860 e. The van der Waals surface area contributed by atoms with Gasteiger partial charge in [0.15, 0.2) is 16.7 Å². The van der Waals surface area contributed by atoms with Crippen molar-refractivity contribution in [2.45, 2.75) is 45.9 Å². The lowest BCUT2D eigenvalue weighted by atomic mass is 10.00. The molecule has 0 saturated carbocycles. The molecular weight excluding hydrogens is 330 g/mol. The van der Waals surface area contributed by atoms with Crippen molar-refractivity contribution in [2.75, 3.05) is 0 Å². The standard InChI is InChI=1S/C16H19N3O4S/c1-4-7(2)19-15(22)11(14(21)18-16(19)24)13-10-9(6-23-13)5-17-8(3)12(10)20/h5,7,13,20,22H,4,6H2,1-3H3,(H,18,21,24). The second-order valence-electron chi connectivity index (χ2n) is 6.00. The normalized spacial score (nSPS) is 17.7. The first kappa shape index (κ1) is 16.7. The van der Waals surface area contributed by atoms with Gasteiger partial charge in [-0.3, -0.25) is 9.78 Å². The van der Waals surface area contributed by atoms with Crippen LogP contribution in [0.1, 0.15) is 54.8 Å². The van der Waals surface area contributed by atoms with Crippen LogP contribution < -0.4 is 15.6 Å². The Morgan fingerprint density at radius 2 is 2.29 bits per heavy atom. The van der Waals surface area contributed by atoms with Gasteiger partial charge in [0.2, 0.25) is 5.69 Å². The molecule has 0 amide bonds. The van der Waals surface area contributed by atoms with E-state index >= 15 is 0 Å². The van der Waals surface area contributed by atoms with Gasteiger partial charge in [0.25, 0.3) is 5.56 Å². The van der Waals surface area contributed by atoms with Gasteiger partial charge in [-0.05, 0) is 31.4 Å². The molecule has 0 bridgehead atoms. The Labute approximate surface area is 143 Å². The molecule has 0 spiro atoms. The minimum absolute atomic E-state index is 0.00587. The van der Waals surface area contributed by atoms with Crippen LogP contribution in [0.2, 0.25) is 0 Å². The SMILES string of the molecule is CCC(C)n1c([O-])c(C2OCc3c[nH+]c(C)c(O)c32)c(=O)[nH]c1=S. The number of nitrogens with zero attached hydrogens (tertiary/aromatic N) is 1. The molecule has 2 aromatic heterocycles. The third-order valence-corrected chi connectivity index (χ3v) is 4.81. The summed E-state index contributed by atoms with van der Waals surface area (Å²) in [5.74, 6) is -0.466. The van der Waals surface area contributed by atoms with Crippen LogP contribution in [-0.4, -0.2) is 14.7 Å². The Balaban J connectivity index is 2.26. The monoisotopic (exact) mass is 349 g/mol. The Hall–Kier alpha value is -2.19. The zero-order valence-corrected chi connectivity index (χ0v) is 14.5. The molecule has 0 saturated heterocycles. The largest absolute Gasteiger partial charge is 0.860 e. The van der Waals surface area contributed by atoms with E-state index in [4.69, 9.17) is 17.0 Å². The predicted octanol–water partition coefficient (Wildman–Crippen LogP) is 1.40. The molecule has 0 aliphatic carbocycles. The van der Waals surface area contributed by atoms with E-state index in [-0.39, 0.29) is 28.7 Å². The summed E-state index contributed by atoms with van der Waals surface area (Å²) < 4.78 is 7.16. The number of pyridine rings is 1. The summed E-state index contributed by atoms with van der Waals surface area (Å²) in [4.78, 5) is 17.9. The highest BCUT2D eigenvalue weighted by molar-refractivity contribution is 7.71. The van der Waals surface area contributed by atoms with Crippen LogP contribution in [0.3, 0.4) is 0 Å². The number of fused-ring (bicyclic) bond motifs is 1. The molecule has 7 nitrogen and oxygen atoms in total. The number of H-pyrrole nitrogens is 2. The number of rotatable bonds is 3. The second-order valence-corrected chi connectivity index (χ2v) is 6.38. The van der Waals surface area contributed by atoms with Crippen molar-refractivity contribution in [3.8, 4) is 11.6 Å². The van der Waals surface area contributed by atoms with Crippen LogP contribution in [0.5, 0.6) is 11.6 Å². The first-order chi connectivity index (χ1) is 11.4. The van der Waals surface area contributed by atoms with Gasteiger partial charge >= 0.3 is 0 Å². The van der Waals surface area contributed by atoms with Crippen LogP contribution in [0.25, 0.3) is 0 Å². The summed E-state index contributed by atoms with van der Waals surface area (Å²) in [6, 6.07) is -0.152. The van der Waals surface area contributed by atoms with E-state index in [1.807, 2.05) is 13.8 Å². The van der Waals surface area contributed by atoms with Gasteiger partial charge in [-0.15, -0.1) is 0 Å². The maximum atomic E-state index is 12.9. The highest BCUT2D eigenvalue weighted by Gasteiger charge is 2.34. The van der Waals surface area contributed by atoms with Gasteiger partial charge in [-0.25, -0.2) is 4.98 Å². The van der Waals surface area contributed by atoms with Gasteiger partial charge in [0.05, 0.1) is 17.7 Å². The van der Waals surface area contributed by atoms with Crippen molar-refractivity contribution in [1.82, 2.24) is 9.55 Å². The Bertz CT molecular complexity index is 919. The smallest absolute Gasteiger partial charge is 0.257 e. The van der Waals surface area contributed by atoms with E-state index in [1.165, 1.54) is 4.57 Å². The number of aromatic amines is 2. The van der Waals surface area contributed by atoms with Gasteiger partial charge in [-0.1, -0.05) is 6.92 Å². The van der Waals surface area contributed by atoms with Crippen molar-refractivity contribution in [3.05, 3.63) is 43.7 Å². The molecule has 3 heterocycles. The van der Waals surface area contributed by atoms with Gasteiger partial charge < -0.3 is 19.5 Å². The number of ether oxygens (including phenoxy) is 1. The molecule has 2 aromatic rings. The molecule has 3 rings (SSSR count). The van der Waals surface area contributed by atoms with Gasteiger partial charge in [-0.2, -0.15) is 0 Å². The first-order valence-electron chi connectivity index (χ1n) is 7.77. The lowest BCUT2D eigenvalue weighted by Gasteiger charge is -2.27. The minimum atomic E-state index is -0.907. The van der Waals surface area contributed by atoms with Crippen molar-refractivity contribution >= 4 is 12.2 Å². The fourth-order valence-electron chi connectivity index (χ4n) is 2.95. The van der Waals surface area contributed by atoms with E-state index in [9.17, 15) is 15.0 Å². The number of hydrogen-bond donors (Lipinski definition) is 2. The summed E-state index contributed by atoms with van der Waals surface area (Å²) in [5, 5.41) is 23.3. The summed E-state index contributed by atoms with van der Waals surface area (Å²) >= 11 is 5.14. The highest BCUT2D eigenvalue weighted by Crippen LogP contribution is 2.42. The van der Waals surface area contributed by atoms with Crippen molar-refractivity contribution in [2.24, 2.45) is 0 Å². The zero-order valence-electron chi connectivity index (χ0n) is 13.7. The molecule has 0 aromatic carbocycles. The molecule has 0 radical (unpaired) electrons. The van der Waals surface area contributed by atoms with Crippen LogP contribution in [0.4, 0.5) is 0 Å². The second kappa shape index (κ2) is 6.03.